The summed E-state index contributed by atoms with van der Waals surface area (Å²) >= 11 is 0. The Kier molecular flexibility index (Phi) is 5.26. The Hall–Kier alpha value is -2.50. The van der Waals surface area contributed by atoms with E-state index in [1.807, 2.05) is 19.1 Å². The zero-order valence-corrected chi connectivity index (χ0v) is 14.6. The van der Waals surface area contributed by atoms with Crippen molar-refractivity contribution in [2.45, 2.75) is 45.7 Å². The number of nitrogens with one attached hydrogen (secondary N) is 1. The highest BCUT2D eigenvalue weighted by atomic mass is 19.1. The smallest absolute Gasteiger partial charge is 0.225 e. The quantitative estimate of drug-likeness (QED) is 0.876. The van der Waals surface area contributed by atoms with Crippen LogP contribution >= 0.6 is 0 Å². The van der Waals surface area contributed by atoms with Crippen LogP contribution in [-0.4, -0.2) is 33.4 Å². The molecule has 1 amide bonds. The summed E-state index contributed by atoms with van der Waals surface area (Å²) in [4.78, 5) is 23.0. The molecule has 2 heterocycles. The molecule has 2 aromatic rings. The second-order valence-electron chi connectivity index (χ2n) is 6.51. The number of nitrogens with zero attached hydrogens (tertiary/aromatic N) is 3. The molecular weight excluding hydrogens is 319 g/mol. The van der Waals surface area contributed by atoms with Crippen molar-refractivity contribution < 1.29 is 9.18 Å². The molecule has 0 bridgehead atoms. The van der Waals surface area contributed by atoms with Gasteiger partial charge in [-0.2, -0.15) is 0 Å². The summed E-state index contributed by atoms with van der Waals surface area (Å²) in [5.74, 6) is 1.38. The van der Waals surface area contributed by atoms with Crippen molar-refractivity contribution in [3.63, 3.8) is 0 Å². The van der Waals surface area contributed by atoms with Gasteiger partial charge in [-0.05, 0) is 31.0 Å². The first-order chi connectivity index (χ1) is 12.0. The summed E-state index contributed by atoms with van der Waals surface area (Å²) in [6.45, 7) is 5.06. The van der Waals surface area contributed by atoms with Gasteiger partial charge in [0.1, 0.15) is 17.5 Å². The molecule has 5 nitrogen and oxygen atoms in total. The Labute approximate surface area is 147 Å². The van der Waals surface area contributed by atoms with Crippen LogP contribution in [0.15, 0.2) is 30.3 Å². The molecule has 132 valence electrons. The monoisotopic (exact) mass is 342 g/mol. The Morgan fingerprint density at radius 3 is 2.92 bits per heavy atom. The van der Waals surface area contributed by atoms with Crippen molar-refractivity contribution in [3.05, 3.63) is 53.2 Å². The van der Waals surface area contributed by atoms with Crippen LogP contribution in [0.2, 0.25) is 0 Å². The van der Waals surface area contributed by atoms with Gasteiger partial charge in [0.2, 0.25) is 5.91 Å². The fourth-order valence-electron chi connectivity index (χ4n) is 3.13. The highest BCUT2D eigenvalue weighted by Gasteiger charge is 2.29. The van der Waals surface area contributed by atoms with Crippen molar-refractivity contribution in [1.82, 2.24) is 14.9 Å². The van der Waals surface area contributed by atoms with Crippen LogP contribution in [0.5, 0.6) is 0 Å². The van der Waals surface area contributed by atoms with Gasteiger partial charge in [0.15, 0.2) is 0 Å². The molecule has 1 N–H and O–H groups in total. The van der Waals surface area contributed by atoms with Gasteiger partial charge in [-0.15, -0.1) is 0 Å². The first-order valence-corrected chi connectivity index (χ1v) is 8.67. The number of aryl methyl sites for hydroxylation is 2. The van der Waals surface area contributed by atoms with Gasteiger partial charge in [0.25, 0.3) is 0 Å². The number of likely N-dealkylation sites (tertiary alicyclic amines) is 1. The van der Waals surface area contributed by atoms with Crippen molar-refractivity contribution in [2.75, 3.05) is 11.9 Å². The molecule has 0 saturated carbocycles. The lowest BCUT2D eigenvalue weighted by Gasteiger charge is -2.18. The van der Waals surface area contributed by atoms with Crippen LogP contribution in [0, 0.1) is 12.7 Å². The molecule has 1 aliphatic heterocycles. The lowest BCUT2D eigenvalue weighted by Crippen LogP contribution is -2.28. The molecule has 1 saturated heterocycles. The van der Waals surface area contributed by atoms with Gasteiger partial charge in [-0.3, -0.25) is 4.79 Å². The van der Waals surface area contributed by atoms with E-state index in [4.69, 9.17) is 0 Å². The molecule has 1 aliphatic rings. The minimum absolute atomic E-state index is 0.00448. The Balaban J connectivity index is 1.64. The second kappa shape index (κ2) is 7.59. The summed E-state index contributed by atoms with van der Waals surface area (Å²) in [7, 11) is 0. The van der Waals surface area contributed by atoms with E-state index in [1.54, 1.807) is 11.0 Å². The standard InChI is InChI=1S/C19H23FN4O/c1-3-5-17-21-13(2)8-18(23-17)22-16-10-19(25)24(12-16)11-14-6-4-7-15(20)9-14/h4,6-9,16H,3,5,10-12H2,1-2H3,(H,21,22,23)/t16-/m1/s1. The summed E-state index contributed by atoms with van der Waals surface area (Å²) < 4.78 is 13.3. The number of rotatable bonds is 6. The Morgan fingerprint density at radius 2 is 2.16 bits per heavy atom. The zero-order valence-electron chi connectivity index (χ0n) is 14.6. The topological polar surface area (TPSA) is 58.1 Å². The number of carbonyl (C=O) groups is 1. The molecule has 1 aromatic heterocycles. The van der Waals surface area contributed by atoms with E-state index in [0.29, 0.717) is 19.5 Å². The normalized spacial score (nSPS) is 17.2. The van der Waals surface area contributed by atoms with Crippen LogP contribution in [0.3, 0.4) is 0 Å². The Bertz CT molecular complexity index is 765. The largest absolute Gasteiger partial charge is 0.365 e. The number of hydrogen-bond acceptors (Lipinski definition) is 4. The van der Waals surface area contributed by atoms with Gasteiger partial charge in [-0.25, -0.2) is 14.4 Å². The number of anilines is 1. The molecule has 0 unspecified atom stereocenters. The number of aromatic nitrogens is 2. The van der Waals surface area contributed by atoms with Crippen LogP contribution in [-0.2, 0) is 17.8 Å². The third-order valence-electron chi connectivity index (χ3n) is 4.20. The van der Waals surface area contributed by atoms with Crippen LogP contribution in [0.4, 0.5) is 10.2 Å². The third-order valence-corrected chi connectivity index (χ3v) is 4.20. The van der Waals surface area contributed by atoms with Gasteiger partial charge in [-0.1, -0.05) is 19.1 Å². The average molecular weight is 342 g/mol. The molecule has 1 atom stereocenters. The molecular formula is C19H23FN4O. The molecule has 6 heteroatoms. The number of halogens is 1. The first kappa shape index (κ1) is 17.3. The minimum atomic E-state index is -0.279. The summed E-state index contributed by atoms with van der Waals surface area (Å²) in [6, 6.07) is 8.29. The Morgan fingerprint density at radius 1 is 1.32 bits per heavy atom. The van der Waals surface area contributed by atoms with E-state index < -0.39 is 0 Å². The molecule has 1 aromatic carbocycles. The van der Waals surface area contributed by atoms with Crippen molar-refractivity contribution in [1.29, 1.82) is 0 Å². The van der Waals surface area contributed by atoms with Gasteiger partial charge >= 0.3 is 0 Å². The summed E-state index contributed by atoms with van der Waals surface area (Å²) in [5.41, 5.74) is 1.72. The highest BCUT2D eigenvalue weighted by Crippen LogP contribution is 2.19. The van der Waals surface area contributed by atoms with Crippen LogP contribution in [0.1, 0.15) is 36.8 Å². The van der Waals surface area contributed by atoms with E-state index in [9.17, 15) is 9.18 Å². The number of benzene rings is 1. The first-order valence-electron chi connectivity index (χ1n) is 8.67. The average Bonchev–Trinajstić information content (AvgIpc) is 2.86. The second-order valence-corrected chi connectivity index (χ2v) is 6.51. The number of hydrogen-bond donors (Lipinski definition) is 1. The van der Waals surface area contributed by atoms with Crippen molar-refractivity contribution in [3.8, 4) is 0 Å². The van der Waals surface area contributed by atoms with E-state index in [1.165, 1.54) is 12.1 Å². The summed E-state index contributed by atoms with van der Waals surface area (Å²) in [5, 5.41) is 3.35. The van der Waals surface area contributed by atoms with Crippen molar-refractivity contribution >= 4 is 11.7 Å². The predicted octanol–water partition coefficient (Wildman–Crippen LogP) is 3.09. The SMILES string of the molecule is CCCc1nc(C)cc(N[C@@H]2CC(=O)N(Cc3cccc(F)c3)C2)n1. The van der Waals surface area contributed by atoms with E-state index in [-0.39, 0.29) is 17.8 Å². The maximum atomic E-state index is 13.3. The van der Waals surface area contributed by atoms with Crippen LogP contribution in [0.25, 0.3) is 0 Å². The van der Waals surface area contributed by atoms with Gasteiger partial charge in [0, 0.05) is 37.7 Å². The predicted molar refractivity (Wildman–Crippen MR) is 94.6 cm³/mol. The lowest BCUT2D eigenvalue weighted by molar-refractivity contribution is -0.128. The maximum absolute atomic E-state index is 13.3. The van der Waals surface area contributed by atoms with E-state index in [2.05, 4.69) is 22.2 Å². The molecule has 25 heavy (non-hydrogen) atoms. The maximum Gasteiger partial charge on any atom is 0.225 e. The molecule has 0 aliphatic carbocycles. The van der Waals surface area contributed by atoms with Gasteiger partial charge < -0.3 is 10.2 Å². The minimum Gasteiger partial charge on any atom is -0.365 e. The fraction of sp³-hybridized carbons (Fsp3) is 0.421. The lowest BCUT2D eigenvalue weighted by atomic mass is 10.2. The molecule has 0 spiro atoms. The highest BCUT2D eigenvalue weighted by molar-refractivity contribution is 5.80. The summed E-state index contributed by atoms with van der Waals surface area (Å²) in [6.07, 6.45) is 2.25. The fourth-order valence-corrected chi connectivity index (χ4v) is 3.13. The van der Waals surface area contributed by atoms with E-state index in [0.717, 1.165) is 35.7 Å². The number of carbonyl (C=O) groups excluding carboxylic acids is 1. The molecule has 1 fully saturated rings. The van der Waals surface area contributed by atoms with Gasteiger partial charge in [0.05, 0.1) is 6.04 Å². The molecule has 0 radical (unpaired) electrons. The zero-order chi connectivity index (χ0) is 17.8. The number of amides is 1. The molecule has 3 rings (SSSR count). The van der Waals surface area contributed by atoms with Crippen LogP contribution < -0.4 is 5.32 Å². The third kappa shape index (κ3) is 4.53. The van der Waals surface area contributed by atoms with Crippen molar-refractivity contribution in [2.24, 2.45) is 0 Å². The van der Waals surface area contributed by atoms with E-state index >= 15 is 0 Å².